The van der Waals surface area contributed by atoms with Crippen molar-refractivity contribution in [1.29, 1.82) is 0 Å². The van der Waals surface area contributed by atoms with Crippen LogP contribution in [0.4, 0.5) is 0 Å². The largest absolute Gasteiger partial charge is 0.377 e. The molecule has 0 spiro atoms. The first-order chi connectivity index (χ1) is 5.22. The summed E-state index contributed by atoms with van der Waals surface area (Å²) in [6.45, 7) is 2.80. The molecule has 3 heteroatoms. The molecule has 2 N–H and O–H groups in total. The van der Waals surface area contributed by atoms with Crippen molar-refractivity contribution in [3.05, 3.63) is 0 Å². The smallest absolute Gasteiger partial charge is 0.161 e. The van der Waals surface area contributed by atoms with Crippen molar-refractivity contribution in [1.82, 2.24) is 0 Å². The molecule has 0 aromatic rings. The molecule has 0 bridgehead atoms. The van der Waals surface area contributed by atoms with Gasteiger partial charge in [0.05, 0.1) is 0 Å². The van der Waals surface area contributed by atoms with Gasteiger partial charge in [-0.1, -0.05) is 6.92 Å². The van der Waals surface area contributed by atoms with E-state index in [-0.39, 0.29) is 18.3 Å². The van der Waals surface area contributed by atoms with E-state index in [0.717, 1.165) is 12.8 Å². The molecule has 0 fully saturated rings. The predicted molar refractivity (Wildman–Crippen MR) is 44.3 cm³/mol. The van der Waals surface area contributed by atoms with Gasteiger partial charge in [0.25, 0.3) is 0 Å². The minimum absolute atomic E-state index is 0.0958. The van der Waals surface area contributed by atoms with Gasteiger partial charge in [-0.25, -0.2) is 0 Å². The highest BCUT2D eigenvalue weighted by Gasteiger charge is 2.10. The summed E-state index contributed by atoms with van der Waals surface area (Å²) in [5.41, 5.74) is 5.31. The second-order valence-electron chi connectivity index (χ2n) is 2.73. The van der Waals surface area contributed by atoms with E-state index in [1.807, 2.05) is 6.92 Å². The van der Waals surface area contributed by atoms with E-state index in [1.54, 1.807) is 0 Å². The molecule has 11 heavy (non-hydrogen) atoms. The number of rotatable bonds is 6. The highest BCUT2D eigenvalue weighted by atomic mass is 16.5. The molecule has 1 unspecified atom stereocenters. The van der Waals surface area contributed by atoms with Crippen LogP contribution < -0.4 is 5.73 Å². The second kappa shape index (κ2) is 6.31. The third-order valence-corrected chi connectivity index (χ3v) is 1.68. The number of carbonyl (C=O) groups is 1. The predicted octanol–water partition coefficient (Wildman–Crippen LogP) is 0.577. The lowest BCUT2D eigenvalue weighted by atomic mass is 10.0. The van der Waals surface area contributed by atoms with E-state index in [2.05, 4.69) is 0 Å². The number of carbonyl (C=O) groups excluding carboxylic acids is 1. The lowest BCUT2D eigenvalue weighted by Crippen LogP contribution is -2.17. The second-order valence-corrected chi connectivity index (χ2v) is 2.73. The Hall–Kier alpha value is -0.410. The van der Waals surface area contributed by atoms with Crippen LogP contribution in [0.15, 0.2) is 0 Å². The molecule has 0 saturated carbocycles. The number of Topliss-reactive ketones (excluding diaryl/α,β-unsaturated/α-hetero) is 1. The molecule has 1 atom stereocenters. The Morgan fingerprint density at radius 1 is 1.64 bits per heavy atom. The number of hydrogen-bond acceptors (Lipinski definition) is 3. The first kappa shape index (κ1) is 10.6. The van der Waals surface area contributed by atoms with Crippen molar-refractivity contribution in [2.45, 2.75) is 19.8 Å². The van der Waals surface area contributed by atoms with Crippen molar-refractivity contribution < 1.29 is 9.53 Å². The van der Waals surface area contributed by atoms with Gasteiger partial charge in [0, 0.05) is 13.0 Å². The van der Waals surface area contributed by atoms with Crippen molar-refractivity contribution in [3.8, 4) is 0 Å². The third kappa shape index (κ3) is 4.93. The summed E-state index contributed by atoms with van der Waals surface area (Å²) in [5.74, 6) is 0.263. The maximum atomic E-state index is 11.1. The van der Waals surface area contributed by atoms with Crippen LogP contribution in [0.3, 0.4) is 0 Å². The van der Waals surface area contributed by atoms with Crippen LogP contribution in [0.25, 0.3) is 0 Å². The molecule has 3 nitrogen and oxygen atoms in total. The van der Waals surface area contributed by atoms with Crippen LogP contribution in [0.1, 0.15) is 19.8 Å². The van der Waals surface area contributed by atoms with Crippen LogP contribution in [0.5, 0.6) is 0 Å². The van der Waals surface area contributed by atoms with Gasteiger partial charge in [-0.2, -0.15) is 0 Å². The molecule has 0 aliphatic carbocycles. The minimum Gasteiger partial charge on any atom is -0.377 e. The Kier molecular flexibility index (Phi) is 6.07. The van der Waals surface area contributed by atoms with Gasteiger partial charge in [-0.05, 0) is 19.4 Å². The zero-order valence-electron chi connectivity index (χ0n) is 7.30. The van der Waals surface area contributed by atoms with Gasteiger partial charge in [0.1, 0.15) is 6.61 Å². The van der Waals surface area contributed by atoms with Gasteiger partial charge in [0.2, 0.25) is 0 Å². The third-order valence-electron chi connectivity index (χ3n) is 1.68. The quantitative estimate of drug-likeness (QED) is 0.616. The van der Waals surface area contributed by atoms with Crippen molar-refractivity contribution in [3.63, 3.8) is 0 Å². The van der Waals surface area contributed by atoms with E-state index in [4.69, 9.17) is 10.5 Å². The summed E-state index contributed by atoms with van der Waals surface area (Å²) < 4.78 is 4.72. The summed E-state index contributed by atoms with van der Waals surface area (Å²) in [5, 5.41) is 0. The number of hydrogen-bond donors (Lipinski definition) is 1. The van der Waals surface area contributed by atoms with E-state index in [9.17, 15) is 4.79 Å². The lowest BCUT2D eigenvalue weighted by Gasteiger charge is -2.07. The summed E-state index contributed by atoms with van der Waals surface area (Å²) in [6, 6.07) is 0. The fourth-order valence-corrected chi connectivity index (χ4v) is 0.870. The molecular formula is C8H17NO2. The summed E-state index contributed by atoms with van der Waals surface area (Å²) >= 11 is 0. The van der Waals surface area contributed by atoms with E-state index in [0.29, 0.717) is 6.54 Å². The fraction of sp³-hybridized carbons (Fsp3) is 0.875. The molecule has 0 heterocycles. The molecular weight excluding hydrogens is 142 g/mol. The molecule has 0 saturated heterocycles. The zero-order chi connectivity index (χ0) is 8.69. The molecule has 0 amide bonds. The molecule has 0 aromatic carbocycles. The highest BCUT2D eigenvalue weighted by molar-refractivity contribution is 5.81. The Labute approximate surface area is 67.9 Å². The van der Waals surface area contributed by atoms with Gasteiger partial charge >= 0.3 is 0 Å². The molecule has 66 valence electrons. The minimum atomic E-state index is 0.0958. The Morgan fingerprint density at radius 3 is 2.73 bits per heavy atom. The average molecular weight is 159 g/mol. The normalized spacial score (nSPS) is 13.0. The van der Waals surface area contributed by atoms with E-state index in [1.165, 1.54) is 7.11 Å². The highest BCUT2D eigenvalue weighted by Crippen LogP contribution is 2.05. The average Bonchev–Trinajstić information content (AvgIpc) is 2.00. The van der Waals surface area contributed by atoms with Crippen molar-refractivity contribution in [2.75, 3.05) is 20.3 Å². The fourth-order valence-electron chi connectivity index (χ4n) is 0.870. The van der Waals surface area contributed by atoms with E-state index >= 15 is 0 Å². The number of methoxy groups -OCH3 is 1. The van der Waals surface area contributed by atoms with Crippen LogP contribution in [0.2, 0.25) is 0 Å². The van der Waals surface area contributed by atoms with Gasteiger partial charge in [-0.3, -0.25) is 4.79 Å². The first-order valence-corrected chi connectivity index (χ1v) is 3.94. The Bertz CT molecular complexity index is 115. The Balaban J connectivity index is 3.46. The maximum absolute atomic E-state index is 11.1. The summed E-state index contributed by atoms with van der Waals surface area (Å²) in [4.78, 5) is 11.1. The van der Waals surface area contributed by atoms with Gasteiger partial charge < -0.3 is 10.5 Å². The number of ketones is 1. The summed E-state index contributed by atoms with van der Waals surface area (Å²) in [7, 11) is 1.54. The SMILES string of the molecule is COCC(=O)C(C)CCCN. The first-order valence-electron chi connectivity index (χ1n) is 3.94. The van der Waals surface area contributed by atoms with Gasteiger partial charge in [0.15, 0.2) is 5.78 Å². The van der Waals surface area contributed by atoms with Crippen LogP contribution >= 0.6 is 0 Å². The number of ether oxygens (including phenoxy) is 1. The van der Waals surface area contributed by atoms with Crippen molar-refractivity contribution >= 4 is 5.78 Å². The zero-order valence-corrected chi connectivity index (χ0v) is 7.30. The van der Waals surface area contributed by atoms with Crippen LogP contribution in [0, 0.1) is 5.92 Å². The Morgan fingerprint density at radius 2 is 2.27 bits per heavy atom. The number of nitrogens with two attached hydrogens (primary N) is 1. The lowest BCUT2D eigenvalue weighted by molar-refractivity contribution is -0.126. The molecule has 0 aliphatic heterocycles. The van der Waals surface area contributed by atoms with Crippen molar-refractivity contribution in [2.24, 2.45) is 11.7 Å². The monoisotopic (exact) mass is 159 g/mol. The van der Waals surface area contributed by atoms with Crippen LogP contribution in [-0.4, -0.2) is 26.0 Å². The molecule has 0 aromatic heterocycles. The summed E-state index contributed by atoms with van der Waals surface area (Å²) in [6.07, 6.45) is 1.79. The topological polar surface area (TPSA) is 52.3 Å². The molecule has 0 rings (SSSR count). The van der Waals surface area contributed by atoms with Gasteiger partial charge in [-0.15, -0.1) is 0 Å². The maximum Gasteiger partial charge on any atom is 0.161 e. The molecule has 0 aliphatic rings. The molecule has 0 radical (unpaired) electrons. The van der Waals surface area contributed by atoms with Crippen LogP contribution in [-0.2, 0) is 9.53 Å². The van der Waals surface area contributed by atoms with E-state index < -0.39 is 0 Å². The standard InChI is InChI=1S/C8H17NO2/c1-7(4-3-5-9)8(10)6-11-2/h7H,3-6,9H2,1-2H3.